The molecule has 33 heavy (non-hydrogen) atoms. The third kappa shape index (κ3) is 4.15. The number of halogens is 1. The minimum Gasteiger partial charge on any atom is -0.414 e. The molecule has 4 aromatic rings. The summed E-state index contributed by atoms with van der Waals surface area (Å²) in [6.07, 6.45) is 1.43. The highest BCUT2D eigenvalue weighted by atomic mass is 19.1. The number of rotatable bonds is 4. The minimum atomic E-state index is -0.625. The number of benzene rings is 2. The molecule has 0 radical (unpaired) electrons. The summed E-state index contributed by atoms with van der Waals surface area (Å²) in [4.78, 5) is 22.9. The van der Waals surface area contributed by atoms with Gasteiger partial charge in [0.25, 0.3) is 11.8 Å². The van der Waals surface area contributed by atoms with Crippen molar-refractivity contribution in [2.75, 3.05) is 31.9 Å². The third-order valence-corrected chi connectivity index (χ3v) is 5.35. The molecular weight excluding hydrogens is 425 g/mol. The maximum Gasteiger partial charge on any atom is 0.270 e. The molecule has 2 aromatic carbocycles. The Morgan fingerprint density at radius 3 is 2.58 bits per heavy atom. The number of nitrogen functional groups attached to an aromatic ring is 1. The Morgan fingerprint density at radius 1 is 1.06 bits per heavy atom. The van der Waals surface area contributed by atoms with E-state index in [0.717, 1.165) is 5.56 Å². The van der Waals surface area contributed by atoms with Gasteiger partial charge in [-0.3, -0.25) is 4.79 Å². The molecule has 1 amide bonds. The van der Waals surface area contributed by atoms with E-state index in [9.17, 15) is 9.18 Å². The van der Waals surface area contributed by atoms with E-state index in [1.807, 2.05) is 30.3 Å². The van der Waals surface area contributed by atoms with Gasteiger partial charge in [-0.2, -0.15) is 0 Å². The second-order valence-corrected chi connectivity index (χ2v) is 7.50. The number of amides is 1. The lowest BCUT2D eigenvalue weighted by molar-refractivity contribution is 0.0731. The average molecular weight is 452 g/mol. The summed E-state index contributed by atoms with van der Waals surface area (Å²) >= 11 is 0. The first kappa shape index (κ1) is 20.7. The Labute approximate surface area is 192 Å². The van der Waals surface area contributed by atoms with Gasteiger partial charge in [0.2, 0.25) is 5.89 Å². The van der Waals surface area contributed by atoms with E-state index >= 15 is 0 Å². The van der Waals surface area contributed by atoms with Gasteiger partial charge >= 0.3 is 0 Å². The molecular formula is C23H26FN7O2. The fourth-order valence-electron chi connectivity index (χ4n) is 3.60. The van der Waals surface area contributed by atoms with Crippen LogP contribution in [-0.2, 0) is 0 Å². The zero-order valence-electron chi connectivity index (χ0n) is 17.5. The number of anilines is 1. The summed E-state index contributed by atoms with van der Waals surface area (Å²) in [5.41, 5.74) is 7.77. The second-order valence-electron chi connectivity index (χ2n) is 7.50. The van der Waals surface area contributed by atoms with Gasteiger partial charge in [0, 0.05) is 41.6 Å². The van der Waals surface area contributed by atoms with Crippen molar-refractivity contribution in [1.82, 2.24) is 30.4 Å². The number of nitrogens with one attached hydrogen (secondary N) is 1. The lowest BCUT2D eigenvalue weighted by atomic mass is 10.1. The summed E-state index contributed by atoms with van der Waals surface area (Å²) in [5.74, 6) is -0.428. The number of hydrogen-bond donors (Lipinski definition) is 2. The zero-order chi connectivity index (χ0) is 22.8. The second kappa shape index (κ2) is 8.75. The van der Waals surface area contributed by atoms with E-state index in [2.05, 4.69) is 25.5 Å². The number of nitrogens with two attached hydrogens (primary N) is 1. The van der Waals surface area contributed by atoms with Crippen LogP contribution in [0.15, 0.2) is 59.1 Å². The fourth-order valence-corrected chi connectivity index (χ4v) is 3.60. The molecule has 0 aliphatic carbocycles. The molecule has 5 rings (SSSR count). The topological polar surface area (TPSA) is 123 Å². The lowest BCUT2D eigenvalue weighted by Gasteiger charge is -2.27. The maximum atomic E-state index is 14.9. The molecule has 10 heteroatoms. The minimum absolute atomic E-state index is 0. The summed E-state index contributed by atoms with van der Waals surface area (Å²) in [5, 5.41) is 11.3. The van der Waals surface area contributed by atoms with Crippen LogP contribution in [0.2, 0.25) is 0 Å². The molecule has 0 saturated carbocycles. The van der Waals surface area contributed by atoms with Gasteiger partial charge in [-0.1, -0.05) is 24.3 Å². The van der Waals surface area contributed by atoms with Crippen LogP contribution < -0.4 is 11.1 Å². The SMILES string of the molecule is Nc1ncc(-c2ccc(C(=O)N3CCNCC3)c(F)c2)nc1-c1nnc(-c2ccccc2)o1.[HH].[HH].[HH]. The van der Waals surface area contributed by atoms with Gasteiger partial charge in [-0.15, -0.1) is 10.2 Å². The highest BCUT2D eigenvalue weighted by Gasteiger charge is 2.22. The predicted octanol–water partition coefficient (Wildman–Crippen LogP) is 3.37. The molecule has 1 aliphatic rings. The highest BCUT2D eigenvalue weighted by Crippen LogP contribution is 2.28. The van der Waals surface area contributed by atoms with Gasteiger partial charge < -0.3 is 20.4 Å². The van der Waals surface area contributed by atoms with E-state index in [4.69, 9.17) is 10.2 Å². The third-order valence-electron chi connectivity index (χ3n) is 5.35. The molecule has 3 N–H and O–H groups in total. The molecule has 0 unspecified atom stereocenters. The number of nitrogens with zero attached hydrogens (tertiary/aromatic N) is 5. The van der Waals surface area contributed by atoms with Crippen LogP contribution in [0, 0.1) is 5.82 Å². The quantitative estimate of drug-likeness (QED) is 0.484. The molecule has 1 aliphatic heterocycles. The van der Waals surface area contributed by atoms with E-state index < -0.39 is 5.82 Å². The monoisotopic (exact) mass is 451 g/mol. The molecule has 2 aromatic heterocycles. The van der Waals surface area contributed by atoms with E-state index in [-0.39, 0.29) is 33.2 Å². The van der Waals surface area contributed by atoms with Crippen molar-refractivity contribution in [3.05, 3.63) is 66.1 Å². The first-order valence-electron chi connectivity index (χ1n) is 10.4. The van der Waals surface area contributed by atoms with Crippen LogP contribution in [0.5, 0.6) is 0 Å². The van der Waals surface area contributed by atoms with Crippen LogP contribution in [0.1, 0.15) is 14.6 Å². The predicted molar refractivity (Wildman–Crippen MR) is 126 cm³/mol. The summed E-state index contributed by atoms with van der Waals surface area (Å²) in [6.45, 7) is 2.47. The maximum absolute atomic E-state index is 14.9. The highest BCUT2D eigenvalue weighted by molar-refractivity contribution is 5.95. The van der Waals surface area contributed by atoms with E-state index in [1.165, 1.54) is 18.3 Å². The fraction of sp³-hybridized carbons (Fsp3) is 0.174. The standard InChI is InChI=1S/C23H20FN7O2.3H2/c24-17-12-15(6-7-16(17)23(32)31-10-8-26-9-11-31)18-13-27-20(25)19(28-18)22-30-29-21(33-22)14-4-2-1-3-5-14;;;/h1-7,12-13,26H,8-11H2,(H2,25,27);3*1H. The molecule has 9 nitrogen and oxygen atoms in total. The first-order valence-corrected chi connectivity index (χ1v) is 10.4. The van der Waals surface area contributed by atoms with Gasteiger partial charge in [-0.05, 0) is 24.3 Å². The normalized spacial score (nSPS) is 13.8. The van der Waals surface area contributed by atoms with Crippen molar-refractivity contribution < 1.29 is 17.9 Å². The smallest absolute Gasteiger partial charge is 0.270 e. The Hall–Kier alpha value is -4.18. The van der Waals surface area contributed by atoms with Crippen molar-refractivity contribution >= 4 is 11.7 Å². The van der Waals surface area contributed by atoms with Crippen LogP contribution in [0.3, 0.4) is 0 Å². The Bertz CT molecular complexity index is 1320. The number of hydrogen-bond acceptors (Lipinski definition) is 8. The van der Waals surface area contributed by atoms with E-state index in [0.29, 0.717) is 43.3 Å². The Morgan fingerprint density at radius 2 is 1.82 bits per heavy atom. The Kier molecular flexibility index (Phi) is 5.49. The van der Waals surface area contributed by atoms with Crippen molar-refractivity contribution in [2.24, 2.45) is 0 Å². The average Bonchev–Trinajstić information content (AvgIpc) is 3.35. The number of carbonyl (C=O) groups is 1. The Balaban J connectivity index is 0.00000152. The number of carbonyl (C=O) groups excluding carboxylic acids is 1. The molecule has 172 valence electrons. The summed E-state index contributed by atoms with van der Waals surface area (Å²) in [7, 11) is 0. The van der Waals surface area contributed by atoms with Gasteiger partial charge in [0.05, 0.1) is 17.5 Å². The number of piperazine rings is 1. The molecule has 0 spiro atoms. The molecule has 1 saturated heterocycles. The molecule has 0 atom stereocenters. The molecule has 3 heterocycles. The summed E-state index contributed by atoms with van der Waals surface area (Å²) < 4.78 is 20.6. The van der Waals surface area contributed by atoms with Crippen LogP contribution in [0.4, 0.5) is 10.2 Å². The van der Waals surface area contributed by atoms with Gasteiger partial charge in [-0.25, -0.2) is 14.4 Å². The van der Waals surface area contributed by atoms with Gasteiger partial charge in [0.15, 0.2) is 11.5 Å². The van der Waals surface area contributed by atoms with Crippen molar-refractivity contribution in [3.8, 4) is 34.3 Å². The van der Waals surface area contributed by atoms with Crippen LogP contribution in [-0.4, -0.2) is 57.2 Å². The molecule has 0 bridgehead atoms. The van der Waals surface area contributed by atoms with Crippen LogP contribution >= 0.6 is 0 Å². The first-order chi connectivity index (χ1) is 16.1. The van der Waals surface area contributed by atoms with Crippen molar-refractivity contribution in [2.45, 2.75) is 0 Å². The number of aromatic nitrogens is 4. The van der Waals surface area contributed by atoms with Crippen molar-refractivity contribution in [3.63, 3.8) is 0 Å². The lowest BCUT2D eigenvalue weighted by Crippen LogP contribution is -2.46. The summed E-state index contributed by atoms with van der Waals surface area (Å²) in [6, 6.07) is 13.7. The zero-order valence-corrected chi connectivity index (χ0v) is 17.5. The largest absolute Gasteiger partial charge is 0.414 e. The van der Waals surface area contributed by atoms with E-state index in [1.54, 1.807) is 11.0 Å². The van der Waals surface area contributed by atoms with Crippen molar-refractivity contribution in [1.29, 1.82) is 0 Å². The van der Waals surface area contributed by atoms with Gasteiger partial charge in [0.1, 0.15) is 5.82 Å². The molecule has 1 fully saturated rings. The van der Waals surface area contributed by atoms with Crippen LogP contribution in [0.25, 0.3) is 34.3 Å².